The Bertz CT molecular complexity index is 236. The minimum absolute atomic E-state index is 0.673. The Morgan fingerprint density at radius 1 is 1.43 bits per heavy atom. The highest BCUT2D eigenvalue weighted by Crippen LogP contribution is 2.08. The number of hydrogen-bond acceptors (Lipinski definition) is 3. The maximum atomic E-state index is 5.46. The molecule has 3 N–H and O–H groups in total. The molecule has 1 aromatic rings. The first kappa shape index (κ1) is 11.0. The molecule has 0 bridgehead atoms. The van der Waals surface area contributed by atoms with E-state index in [2.05, 4.69) is 17.2 Å². The summed E-state index contributed by atoms with van der Waals surface area (Å²) in [6, 6.07) is 3.96. The molecule has 0 spiro atoms. The smallest absolute Gasteiger partial charge is 0.0371 e. The van der Waals surface area contributed by atoms with Crippen LogP contribution in [0.4, 0.5) is 5.69 Å². The summed E-state index contributed by atoms with van der Waals surface area (Å²) in [7, 11) is 0. The van der Waals surface area contributed by atoms with Gasteiger partial charge >= 0.3 is 0 Å². The van der Waals surface area contributed by atoms with Crippen LogP contribution in [0.15, 0.2) is 24.5 Å². The summed E-state index contributed by atoms with van der Waals surface area (Å²) in [5.41, 5.74) is 6.59. The molecule has 1 aromatic heterocycles. The second kappa shape index (κ2) is 6.38. The largest absolute Gasteiger partial charge is 0.385 e. The van der Waals surface area contributed by atoms with Crippen LogP contribution in [0.2, 0.25) is 0 Å². The van der Waals surface area contributed by atoms with Gasteiger partial charge in [-0.3, -0.25) is 4.98 Å². The fraction of sp³-hybridized carbons (Fsp3) is 0.545. The number of anilines is 1. The molecule has 0 aliphatic carbocycles. The fourth-order valence-electron chi connectivity index (χ4n) is 1.33. The van der Waals surface area contributed by atoms with Crippen molar-refractivity contribution in [2.45, 2.75) is 19.8 Å². The minimum atomic E-state index is 0.673. The second-order valence-corrected chi connectivity index (χ2v) is 3.65. The lowest BCUT2D eigenvalue weighted by molar-refractivity contribution is 0.538. The Morgan fingerprint density at radius 2 is 2.14 bits per heavy atom. The summed E-state index contributed by atoms with van der Waals surface area (Å²) >= 11 is 0. The molecule has 0 saturated heterocycles. The van der Waals surface area contributed by atoms with E-state index in [-0.39, 0.29) is 0 Å². The van der Waals surface area contributed by atoms with Crippen LogP contribution < -0.4 is 11.1 Å². The van der Waals surface area contributed by atoms with Gasteiger partial charge in [-0.25, -0.2) is 0 Å². The van der Waals surface area contributed by atoms with Crippen LogP contribution in [0.1, 0.15) is 19.8 Å². The molecule has 1 heterocycles. The summed E-state index contributed by atoms with van der Waals surface area (Å²) in [5.74, 6) is 0.673. The number of aromatic nitrogens is 1. The zero-order valence-electron chi connectivity index (χ0n) is 8.74. The highest BCUT2D eigenvalue weighted by Gasteiger charge is 2.00. The van der Waals surface area contributed by atoms with Gasteiger partial charge in [-0.15, -0.1) is 0 Å². The third-order valence-corrected chi connectivity index (χ3v) is 2.24. The lowest BCUT2D eigenvalue weighted by Crippen LogP contribution is -2.12. The molecular weight excluding hydrogens is 174 g/mol. The predicted molar refractivity (Wildman–Crippen MR) is 60.2 cm³/mol. The molecule has 3 heteroatoms. The number of hydrogen-bond donors (Lipinski definition) is 2. The Labute approximate surface area is 85.7 Å². The molecule has 78 valence electrons. The van der Waals surface area contributed by atoms with Crippen molar-refractivity contribution in [3.05, 3.63) is 24.5 Å². The zero-order chi connectivity index (χ0) is 10.2. The van der Waals surface area contributed by atoms with Crippen LogP contribution >= 0.6 is 0 Å². The monoisotopic (exact) mass is 193 g/mol. The molecular formula is C11H19N3. The molecule has 0 aliphatic rings. The van der Waals surface area contributed by atoms with Crippen molar-refractivity contribution in [2.24, 2.45) is 11.7 Å². The first-order chi connectivity index (χ1) is 6.83. The molecule has 0 fully saturated rings. The average Bonchev–Trinajstić information content (AvgIpc) is 2.25. The van der Waals surface area contributed by atoms with Gasteiger partial charge in [0.05, 0.1) is 0 Å². The standard InChI is InChI=1S/C11H19N3/c1-10(3-2-6-12)9-14-11-4-7-13-8-5-11/h4-5,7-8,10H,2-3,6,9,12H2,1H3,(H,13,14)/t10-/m0/s1. The minimum Gasteiger partial charge on any atom is -0.385 e. The van der Waals surface area contributed by atoms with E-state index in [1.807, 2.05) is 12.1 Å². The van der Waals surface area contributed by atoms with E-state index in [0.717, 1.165) is 25.2 Å². The highest BCUT2D eigenvalue weighted by atomic mass is 14.9. The van der Waals surface area contributed by atoms with Crippen molar-refractivity contribution in [1.29, 1.82) is 0 Å². The van der Waals surface area contributed by atoms with Crippen molar-refractivity contribution in [3.63, 3.8) is 0 Å². The fourth-order valence-corrected chi connectivity index (χ4v) is 1.33. The van der Waals surface area contributed by atoms with Crippen molar-refractivity contribution in [1.82, 2.24) is 4.98 Å². The SMILES string of the molecule is C[C@@H](CCCN)CNc1ccncc1. The Balaban J connectivity index is 2.20. The van der Waals surface area contributed by atoms with Crippen LogP contribution in [-0.4, -0.2) is 18.1 Å². The third kappa shape index (κ3) is 4.23. The number of nitrogens with one attached hydrogen (secondary N) is 1. The molecule has 0 unspecified atom stereocenters. The summed E-state index contributed by atoms with van der Waals surface area (Å²) in [6.07, 6.45) is 5.90. The van der Waals surface area contributed by atoms with Crippen molar-refractivity contribution in [2.75, 3.05) is 18.4 Å². The molecule has 3 nitrogen and oxygen atoms in total. The van der Waals surface area contributed by atoms with E-state index in [9.17, 15) is 0 Å². The topological polar surface area (TPSA) is 50.9 Å². The van der Waals surface area contributed by atoms with E-state index < -0.39 is 0 Å². The quantitative estimate of drug-likeness (QED) is 0.725. The van der Waals surface area contributed by atoms with Gasteiger partial charge in [0.25, 0.3) is 0 Å². The van der Waals surface area contributed by atoms with Gasteiger partial charge in [0.15, 0.2) is 0 Å². The van der Waals surface area contributed by atoms with Gasteiger partial charge in [-0.1, -0.05) is 6.92 Å². The van der Waals surface area contributed by atoms with E-state index in [1.165, 1.54) is 6.42 Å². The van der Waals surface area contributed by atoms with Gasteiger partial charge in [0, 0.05) is 24.6 Å². The van der Waals surface area contributed by atoms with E-state index in [4.69, 9.17) is 5.73 Å². The first-order valence-electron chi connectivity index (χ1n) is 5.17. The lowest BCUT2D eigenvalue weighted by Gasteiger charge is -2.12. The number of nitrogens with two attached hydrogens (primary N) is 1. The van der Waals surface area contributed by atoms with Crippen LogP contribution in [0, 0.1) is 5.92 Å². The maximum Gasteiger partial charge on any atom is 0.0371 e. The van der Waals surface area contributed by atoms with E-state index in [0.29, 0.717) is 5.92 Å². The zero-order valence-corrected chi connectivity index (χ0v) is 8.74. The van der Waals surface area contributed by atoms with E-state index in [1.54, 1.807) is 12.4 Å². The third-order valence-electron chi connectivity index (χ3n) is 2.24. The van der Waals surface area contributed by atoms with Gasteiger partial charge in [-0.2, -0.15) is 0 Å². The lowest BCUT2D eigenvalue weighted by atomic mass is 10.1. The van der Waals surface area contributed by atoms with Crippen molar-refractivity contribution >= 4 is 5.69 Å². The van der Waals surface area contributed by atoms with Gasteiger partial charge in [0.1, 0.15) is 0 Å². The number of rotatable bonds is 6. The molecule has 0 aromatic carbocycles. The Hall–Kier alpha value is -1.09. The molecule has 0 radical (unpaired) electrons. The molecule has 14 heavy (non-hydrogen) atoms. The van der Waals surface area contributed by atoms with E-state index >= 15 is 0 Å². The first-order valence-corrected chi connectivity index (χ1v) is 5.17. The Morgan fingerprint density at radius 3 is 2.79 bits per heavy atom. The van der Waals surface area contributed by atoms with Crippen molar-refractivity contribution < 1.29 is 0 Å². The number of pyridine rings is 1. The number of nitrogens with zero attached hydrogens (tertiary/aromatic N) is 1. The molecule has 1 rings (SSSR count). The van der Waals surface area contributed by atoms with Gasteiger partial charge in [0.2, 0.25) is 0 Å². The van der Waals surface area contributed by atoms with Crippen LogP contribution in [0.25, 0.3) is 0 Å². The normalized spacial score (nSPS) is 12.4. The van der Waals surface area contributed by atoms with Gasteiger partial charge in [-0.05, 0) is 37.4 Å². The summed E-state index contributed by atoms with van der Waals surface area (Å²) in [5, 5.41) is 3.37. The van der Waals surface area contributed by atoms with Crippen LogP contribution in [-0.2, 0) is 0 Å². The molecule has 0 aliphatic heterocycles. The maximum absolute atomic E-state index is 5.46. The average molecular weight is 193 g/mol. The summed E-state index contributed by atoms with van der Waals surface area (Å²) in [6.45, 7) is 4.04. The molecule has 0 amide bonds. The highest BCUT2D eigenvalue weighted by molar-refractivity contribution is 5.40. The van der Waals surface area contributed by atoms with Gasteiger partial charge < -0.3 is 11.1 Å². The Kier molecular flexibility index (Phi) is 5.00. The molecule has 0 saturated carbocycles. The van der Waals surface area contributed by atoms with Crippen molar-refractivity contribution in [3.8, 4) is 0 Å². The van der Waals surface area contributed by atoms with Crippen LogP contribution in [0.5, 0.6) is 0 Å². The summed E-state index contributed by atoms with van der Waals surface area (Å²) in [4.78, 5) is 3.97. The predicted octanol–water partition coefficient (Wildman–Crippen LogP) is 1.87. The summed E-state index contributed by atoms with van der Waals surface area (Å²) < 4.78 is 0. The molecule has 1 atom stereocenters. The second-order valence-electron chi connectivity index (χ2n) is 3.65. The van der Waals surface area contributed by atoms with Crippen LogP contribution in [0.3, 0.4) is 0 Å².